The molecule has 0 aromatic carbocycles. The molecule has 0 spiro atoms. The van der Waals surface area contributed by atoms with Crippen LogP contribution in [0.3, 0.4) is 0 Å². The molecular weight excluding hydrogens is 403 g/mol. The zero-order valence-corrected chi connectivity index (χ0v) is 17.1. The van der Waals surface area contributed by atoms with Gasteiger partial charge in [-0.15, -0.1) is 24.0 Å². The Morgan fingerprint density at radius 1 is 1.39 bits per heavy atom. The molecule has 0 amide bonds. The largest absolute Gasteiger partial charge is 0.356 e. The van der Waals surface area contributed by atoms with E-state index in [1.54, 1.807) is 0 Å². The van der Waals surface area contributed by atoms with Crippen LogP contribution in [-0.2, 0) is 6.54 Å². The number of halogens is 1. The molecule has 2 rings (SSSR count). The predicted molar refractivity (Wildman–Crippen MR) is 107 cm³/mol. The number of aromatic nitrogens is 2. The van der Waals surface area contributed by atoms with E-state index in [4.69, 9.17) is 0 Å². The Balaban J connectivity index is 0.00000264. The Morgan fingerprint density at radius 3 is 2.74 bits per heavy atom. The highest BCUT2D eigenvalue weighted by atomic mass is 127. The van der Waals surface area contributed by atoms with Crippen molar-refractivity contribution in [2.75, 3.05) is 33.7 Å². The van der Waals surface area contributed by atoms with Gasteiger partial charge in [-0.05, 0) is 52.8 Å². The summed E-state index contributed by atoms with van der Waals surface area (Å²) in [7, 11) is 4.03. The zero-order chi connectivity index (χ0) is 15.9. The number of likely N-dealkylation sites (N-methyl/N-ethyl adjacent to an activating group) is 1. The molecule has 1 aromatic heterocycles. The van der Waals surface area contributed by atoms with Crippen LogP contribution in [0.2, 0.25) is 0 Å². The van der Waals surface area contributed by atoms with Gasteiger partial charge in [-0.3, -0.25) is 9.67 Å². The Labute approximate surface area is 157 Å². The van der Waals surface area contributed by atoms with Gasteiger partial charge in [0.15, 0.2) is 5.96 Å². The fourth-order valence-corrected chi connectivity index (χ4v) is 3.01. The van der Waals surface area contributed by atoms with Crippen LogP contribution in [-0.4, -0.2) is 60.4 Å². The summed E-state index contributed by atoms with van der Waals surface area (Å²) in [4.78, 5) is 6.71. The van der Waals surface area contributed by atoms with Crippen molar-refractivity contribution in [2.24, 2.45) is 4.99 Å². The van der Waals surface area contributed by atoms with Gasteiger partial charge in [0.05, 0.1) is 5.69 Å². The number of nitrogens with one attached hydrogen (secondary N) is 2. The molecule has 23 heavy (non-hydrogen) atoms. The smallest absolute Gasteiger partial charge is 0.191 e. The van der Waals surface area contributed by atoms with Crippen molar-refractivity contribution >= 4 is 29.9 Å². The molecule has 0 saturated carbocycles. The van der Waals surface area contributed by atoms with Crippen molar-refractivity contribution < 1.29 is 0 Å². The maximum absolute atomic E-state index is 4.48. The summed E-state index contributed by atoms with van der Waals surface area (Å²) >= 11 is 0. The van der Waals surface area contributed by atoms with Crippen LogP contribution in [0.4, 0.5) is 0 Å². The molecule has 2 N–H and O–H groups in total. The molecule has 132 valence electrons. The molecule has 1 atom stereocenters. The maximum atomic E-state index is 4.48. The third-order valence-corrected chi connectivity index (χ3v) is 4.34. The number of hydrogen-bond donors (Lipinski definition) is 2. The van der Waals surface area contributed by atoms with E-state index in [-0.39, 0.29) is 24.0 Å². The van der Waals surface area contributed by atoms with E-state index < -0.39 is 0 Å². The molecule has 2 heterocycles. The molecule has 1 fully saturated rings. The number of aryl methyl sites for hydroxylation is 3. The number of aliphatic imine (C=N–C) groups is 1. The van der Waals surface area contributed by atoms with Crippen LogP contribution >= 0.6 is 24.0 Å². The number of rotatable bonds is 6. The second kappa shape index (κ2) is 10.1. The third-order valence-electron chi connectivity index (χ3n) is 4.34. The van der Waals surface area contributed by atoms with Gasteiger partial charge in [0, 0.05) is 38.4 Å². The molecule has 7 heteroatoms. The molecule has 0 aliphatic carbocycles. The van der Waals surface area contributed by atoms with Crippen LogP contribution in [0, 0.1) is 13.8 Å². The molecular formula is C16H31IN6. The topological polar surface area (TPSA) is 57.5 Å². The van der Waals surface area contributed by atoms with Gasteiger partial charge in [0.25, 0.3) is 0 Å². The highest BCUT2D eigenvalue weighted by Crippen LogP contribution is 2.13. The lowest BCUT2D eigenvalue weighted by Crippen LogP contribution is -2.44. The van der Waals surface area contributed by atoms with E-state index in [1.807, 2.05) is 14.0 Å². The number of likely N-dealkylation sites (tertiary alicyclic amines) is 1. The quantitative estimate of drug-likeness (QED) is 0.310. The van der Waals surface area contributed by atoms with Crippen molar-refractivity contribution in [1.82, 2.24) is 25.3 Å². The number of hydrogen-bond acceptors (Lipinski definition) is 3. The monoisotopic (exact) mass is 434 g/mol. The zero-order valence-electron chi connectivity index (χ0n) is 14.8. The van der Waals surface area contributed by atoms with Crippen molar-refractivity contribution in [3.8, 4) is 0 Å². The van der Waals surface area contributed by atoms with Gasteiger partial charge >= 0.3 is 0 Å². The van der Waals surface area contributed by atoms with Gasteiger partial charge in [-0.2, -0.15) is 5.10 Å². The fourth-order valence-electron chi connectivity index (χ4n) is 3.01. The first-order valence-electron chi connectivity index (χ1n) is 8.26. The Bertz CT molecular complexity index is 499. The first kappa shape index (κ1) is 20.2. The highest BCUT2D eigenvalue weighted by Gasteiger charge is 2.20. The van der Waals surface area contributed by atoms with E-state index >= 15 is 0 Å². The molecule has 1 aliphatic heterocycles. The number of guanidine groups is 1. The van der Waals surface area contributed by atoms with Crippen molar-refractivity contribution in [3.05, 3.63) is 17.5 Å². The van der Waals surface area contributed by atoms with Crippen molar-refractivity contribution in [3.63, 3.8) is 0 Å². The molecule has 0 radical (unpaired) electrons. The van der Waals surface area contributed by atoms with Gasteiger partial charge in [-0.1, -0.05) is 0 Å². The Hall–Kier alpha value is -0.830. The van der Waals surface area contributed by atoms with Gasteiger partial charge in [0.1, 0.15) is 0 Å². The van der Waals surface area contributed by atoms with E-state index in [0.29, 0.717) is 6.04 Å². The lowest BCUT2D eigenvalue weighted by Gasteiger charge is -2.21. The average molecular weight is 434 g/mol. The second-order valence-electron chi connectivity index (χ2n) is 6.16. The molecule has 0 bridgehead atoms. The standard InChI is InChI=1S/C16H30N6.HI/c1-13-11-14(2)22(20-13)10-6-8-18-16(17-3)19-12-15-7-5-9-21(15)4;/h11,15H,5-10,12H2,1-4H3,(H2,17,18,19);1H. The Kier molecular flexibility index (Phi) is 8.90. The first-order valence-corrected chi connectivity index (χ1v) is 8.26. The van der Waals surface area contributed by atoms with Crippen molar-refractivity contribution in [1.29, 1.82) is 0 Å². The summed E-state index contributed by atoms with van der Waals surface area (Å²) in [6.07, 6.45) is 3.61. The molecule has 6 nitrogen and oxygen atoms in total. The fraction of sp³-hybridized carbons (Fsp3) is 0.750. The normalized spacial score (nSPS) is 18.8. The summed E-state index contributed by atoms with van der Waals surface area (Å²) in [6.45, 7) is 8.15. The second-order valence-corrected chi connectivity index (χ2v) is 6.16. The van der Waals surface area contributed by atoms with Gasteiger partial charge in [0.2, 0.25) is 0 Å². The van der Waals surface area contributed by atoms with Crippen LogP contribution in [0.15, 0.2) is 11.1 Å². The summed E-state index contributed by atoms with van der Waals surface area (Å²) in [5.74, 6) is 0.897. The lowest BCUT2D eigenvalue weighted by atomic mass is 10.2. The summed E-state index contributed by atoms with van der Waals surface area (Å²) in [6, 6.07) is 2.75. The van der Waals surface area contributed by atoms with E-state index in [9.17, 15) is 0 Å². The minimum atomic E-state index is 0. The predicted octanol–water partition coefficient (Wildman–Crippen LogP) is 1.77. The first-order chi connectivity index (χ1) is 10.6. The minimum Gasteiger partial charge on any atom is -0.356 e. The maximum Gasteiger partial charge on any atom is 0.191 e. The summed E-state index contributed by atoms with van der Waals surface area (Å²) in [5.41, 5.74) is 2.31. The lowest BCUT2D eigenvalue weighted by molar-refractivity contribution is 0.309. The summed E-state index contributed by atoms with van der Waals surface area (Å²) < 4.78 is 2.07. The van der Waals surface area contributed by atoms with Gasteiger partial charge < -0.3 is 15.5 Å². The minimum absolute atomic E-state index is 0. The van der Waals surface area contributed by atoms with Crippen LogP contribution < -0.4 is 10.6 Å². The highest BCUT2D eigenvalue weighted by molar-refractivity contribution is 14.0. The number of nitrogens with zero attached hydrogens (tertiary/aromatic N) is 4. The Morgan fingerprint density at radius 2 is 2.17 bits per heavy atom. The third kappa shape index (κ3) is 6.29. The summed E-state index contributed by atoms with van der Waals surface area (Å²) in [5, 5.41) is 11.3. The molecule has 1 unspecified atom stereocenters. The van der Waals surface area contributed by atoms with Crippen LogP contribution in [0.5, 0.6) is 0 Å². The van der Waals surface area contributed by atoms with Crippen LogP contribution in [0.25, 0.3) is 0 Å². The molecule has 1 saturated heterocycles. The van der Waals surface area contributed by atoms with E-state index in [0.717, 1.165) is 37.7 Å². The van der Waals surface area contributed by atoms with Gasteiger partial charge in [-0.25, -0.2) is 0 Å². The average Bonchev–Trinajstić information content (AvgIpc) is 3.03. The SMILES string of the molecule is CN=C(NCCCn1nc(C)cc1C)NCC1CCCN1C.I. The van der Waals surface area contributed by atoms with Crippen LogP contribution in [0.1, 0.15) is 30.7 Å². The van der Waals surface area contributed by atoms with Crippen molar-refractivity contribution in [2.45, 2.75) is 45.7 Å². The molecule has 1 aromatic rings. The molecule has 1 aliphatic rings. The van der Waals surface area contributed by atoms with E-state index in [1.165, 1.54) is 25.1 Å². The van der Waals surface area contributed by atoms with E-state index in [2.05, 4.69) is 50.3 Å².